The van der Waals surface area contributed by atoms with E-state index in [0.717, 1.165) is 24.2 Å². The maximum atomic E-state index is 11.8. The van der Waals surface area contributed by atoms with Gasteiger partial charge in [0.05, 0.1) is 13.2 Å². The number of ether oxygens (including phenoxy) is 3. The highest BCUT2D eigenvalue weighted by atomic mass is 16.6. The van der Waals surface area contributed by atoms with Crippen LogP contribution in [-0.4, -0.2) is 30.6 Å². The molecule has 1 aliphatic rings. The number of aliphatic hydroxyl groups is 1. The molecule has 0 aromatic heterocycles. The first-order valence-electron chi connectivity index (χ1n) is 8.15. The van der Waals surface area contributed by atoms with Crippen LogP contribution in [0.2, 0.25) is 0 Å². The van der Waals surface area contributed by atoms with Crippen molar-refractivity contribution in [3.63, 3.8) is 0 Å². The van der Waals surface area contributed by atoms with Gasteiger partial charge >= 0.3 is 5.97 Å². The third kappa shape index (κ3) is 4.92. The number of benzene rings is 2. The van der Waals surface area contributed by atoms with Gasteiger partial charge in [-0.2, -0.15) is 0 Å². The van der Waals surface area contributed by atoms with Gasteiger partial charge in [0.1, 0.15) is 12.4 Å². The molecule has 0 fully saturated rings. The zero-order chi connectivity index (χ0) is 17.5. The van der Waals surface area contributed by atoms with Crippen molar-refractivity contribution in [3.05, 3.63) is 71.8 Å². The SMILES string of the molecule is O=C(OCc1ccccc1)[C@H](O)Oc1ccc(C2=CCOCC2)cc1. The number of hydrogen-bond acceptors (Lipinski definition) is 5. The largest absolute Gasteiger partial charge is 0.456 e. The normalized spacial score (nSPS) is 15.2. The lowest BCUT2D eigenvalue weighted by Gasteiger charge is -2.15. The molecular weight excluding hydrogens is 320 g/mol. The Balaban J connectivity index is 1.52. The van der Waals surface area contributed by atoms with Gasteiger partial charge in [0.15, 0.2) is 0 Å². The fourth-order valence-electron chi connectivity index (χ4n) is 2.51. The summed E-state index contributed by atoms with van der Waals surface area (Å²) in [5, 5.41) is 9.84. The molecule has 0 radical (unpaired) electrons. The van der Waals surface area contributed by atoms with E-state index < -0.39 is 12.3 Å². The van der Waals surface area contributed by atoms with E-state index in [4.69, 9.17) is 14.2 Å². The Labute approximate surface area is 146 Å². The summed E-state index contributed by atoms with van der Waals surface area (Å²) in [6.45, 7) is 1.44. The van der Waals surface area contributed by atoms with Crippen molar-refractivity contribution >= 4 is 11.5 Å². The first-order valence-corrected chi connectivity index (χ1v) is 8.15. The first kappa shape index (κ1) is 17.2. The molecular formula is C20H20O5. The van der Waals surface area contributed by atoms with Crippen LogP contribution in [0.1, 0.15) is 17.5 Å². The summed E-state index contributed by atoms with van der Waals surface area (Å²) in [5.41, 5.74) is 3.15. The highest BCUT2D eigenvalue weighted by Crippen LogP contribution is 2.23. The molecule has 2 aromatic carbocycles. The van der Waals surface area contributed by atoms with Crippen molar-refractivity contribution in [1.29, 1.82) is 0 Å². The third-order valence-electron chi connectivity index (χ3n) is 3.86. The van der Waals surface area contributed by atoms with E-state index >= 15 is 0 Å². The third-order valence-corrected chi connectivity index (χ3v) is 3.86. The molecule has 0 saturated heterocycles. The van der Waals surface area contributed by atoms with E-state index in [1.165, 1.54) is 5.57 Å². The molecule has 1 N–H and O–H groups in total. The predicted octanol–water partition coefficient (Wildman–Crippen LogP) is 2.93. The number of carbonyl (C=O) groups excluding carboxylic acids is 1. The van der Waals surface area contributed by atoms with Crippen molar-refractivity contribution < 1.29 is 24.1 Å². The predicted molar refractivity (Wildman–Crippen MR) is 92.7 cm³/mol. The molecule has 5 heteroatoms. The summed E-state index contributed by atoms with van der Waals surface area (Å²) in [4.78, 5) is 11.8. The first-order chi connectivity index (χ1) is 12.2. The standard InChI is InChI=1S/C20H20O5/c21-19(24-14-15-4-2-1-3-5-15)20(22)25-18-8-6-16(7-9-18)17-10-12-23-13-11-17/h1-10,20,22H,11-14H2/t20-/m1/s1. The zero-order valence-corrected chi connectivity index (χ0v) is 13.8. The molecule has 1 atom stereocenters. The van der Waals surface area contributed by atoms with E-state index in [-0.39, 0.29) is 6.61 Å². The Morgan fingerprint density at radius 3 is 2.56 bits per heavy atom. The molecule has 3 rings (SSSR count). The molecule has 5 nitrogen and oxygen atoms in total. The molecule has 130 valence electrons. The number of rotatable bonds is 6. The lowest BCUT2D eigenvalue weighted by atomic mass is 10.0. The van der Waals surface area contributed by atoms with Crippen molar-refractivity contribution in [1.82, 2.24) is 0 Å². The quantitative estimate of drug-likeness (QED) is 0.647. The van der Waals surface area contributed by atoms with Gasteiger partial charge in [-0.05, 0) is 35.3 Å². The van der Waals surface area contributed by atoms with Gasteiger partial charge in [0, 0.05) is 0 Å². The average molecular weight is 340 g/mol. The molecule has 0 amide bonds. The molecule has 2 aromatic rings. The number of aliphatic hydroxyl groups excluding tert-OH is 1. The van der Waals surface area contributed by atoms with Crippen LogP contribution in [0.5, 0.6) is 5.75 Å². The molecule has 0 spiro atoms. The molecule has 0 bridgehead atoms. The fraction of sp³-hybridized carbons (Fsp3) is 0.250. The van der Waals surface area contributed by atoms with Crippen LogP contribution in [0, 0.1) is 0 Å². The second-order valence-electron chi connectivity index (χ2n) is 5.64. The van der Waals surface area contributed by atoms with Gasteiger partial charge in [0.2, 0.25) is 0 Å². The fourth-order valence-corrected chi connectivity index (χ4v) is 2.51. The summed E-state index contributed by atoms with van der Waals surface area (Å²) in [7, 11) is 0. The molecule has 0 unspecified atom stereocenters. The Hall–Kier alpha value is -2.63. The van der Waals surface area contributed by atoms with E-state index in [2.05, 4.69) is 6.08 Å². The number of hydrogen-bond donors (Lipinski definition) is 1. The van der Waals surface area contributed by atoms with Crippen molar-refractivity contribution in [2.75, 3.05) is 13.2 Å². The Kier molecular flexibility index (Phi) is 5.82. The summed E-state index contributed by atoms with van der Waals surface area (Å²) >= 11 is 0. The van der Waals surface area contributed by atoms with Crippen LogP contribution >= 0.6 is 0 Å². The summed E-state index contributed by atoms with van der Waals surface area (Å²) in [6.07, 6.45) is 1.26. The van der Waals surface area contributed by atoms with Crippen molar-refractivity contribution in [3.8, 4) is 5.75 Å². The summed E-state index contributed by atoms with van der Waals surface area (Å²) < 4.78 is 15.6. The molecule has 1 heterocycles. The molecule has 0 aliphatic carbocycles. The van der Waals surface area contributed by atoms with Gasteiger partial charge in [0.25, 0.3) is 6.29 Å². The lowest BCUT2D eigenvalue weighted by Crippen LogP contribution is -2.28. The van der Waals surface area contributed by atoms with E-state index in [9.17, 15) is 9.90 Å². The number of esters is 1. The van der Waals surface area contributed by atoms with Crippen LogP contribution in [0.15, 0.2) is 60.7 Å². The van der Waals surface area contributed by atoms with Crippen LogP contribution in [0.3, 0.4) is 0 Å². The van der Waals surface area contributed by atoms with E-state index in [1.807, 2.05) is 42.5 Å². The Bertz CT molecular complexity index is 722. The Morgan fingerprint density at radius 1 is 1.12 bits per heavy atom. The van der Waals surface area contributed by atoms with Gasteiger partial charge in [-0.25, -0.2) is 4.79 Å². The van der Waals surface area contributed by atoms with E-state index in [1.54, 1.807) is 12.1 Å². The minimum Gasteiger partial charge on any atom is -0.456 e. The molecule has 0 saturated carbocycles. The maximum Gasteiger partial charge on any atom is 0.376 e. The van der Waals surface area contributed by atoms with Crippen LogP contribution in [0.25, 0.3) is 5.57 Å². The topological polar surface area (TPSA) is 65.0 Å². The van der Waals surface area contributed by atoms with Crippen molar-refractivity contribution in [2.45, 2.75) is 19.3 Å². The maximum absolute atomic E-state index is 11.8. The second-order valence-corrected chi connectivity index (χ2v) is 5.64. The van der Waals surface area contributed by atoms with Gasteiger partial charge < -0.3 is 19.3 Å². The smallest absolute Gasteiger partial charge is 0.376 e. The summed E-state index contributed by atoms with van der Waals surface area (Å²) in [6, 6.07) is 16.5. The van der Waals surface area contributed by atoms with Crippen LogP contribution < -0.4 is 4.74 Å². The highest BCUT2D eigenvalue weighted by molar-refractivity contribution is 5.73. The monoisotopic (exact) mass is 340 g/mol. The Morgan fingerprint density at radius 2 is 1.88 bits per heavy atom. The van der Waals surface area contributed by atoms with Crippen LogP contribution in [0.4, 0.5) is 0 Å². The minimum atomic E-state index is -1.66. The van der Waals surface area contributed by atoms with E-state index in [0.29, 0.717) is 12.4 Å². The highest BCUT2D eigenvalue weighted by Gasteiger charge is 2.19. The minimum absolute atomic E-state index is 0.0925. The average Bonchev–Trinajstić information content (AvgIpc) is 2.68. The van der Waals surface area contributed by atoms with Gasteiger partial charge in [-0.1, -0.05) is 48.5 Å². The number of carbonyl (C=O) groups is 1. The lowest BCUT2D eigenvalue weighted by molar-refractivity contribution is -0.170. The van der Waals surface area contributed by atoms with Gasteiger partial charge in [-0.3, -0.25) is 0 Å². The van der Waals surface area contributed by atoms with Gasteiger partial charge in [-0.15, -0.1) is 0 Å². The van der Waals surface area contributed by atoms with Crippen LogP contribution in [-0.2, 0) is 20.9 Å². The zero-order valence-electron chi connectivity index (χ0n) is 13.8. The van der Waals surface area contributed by atoms with Crippen molar-refractivity contribution in [2.24, 2.45) is 0 Å². The molecule has 1 aliphatic heterocycles. The summed E-state index contributed by atoms with van der Waals surface area (Å²) in [5.74, 6) is -0.416. The second kappa shape index (κ2) is 8.46. The molecule has 25 heavy (non-hydrogen) atoms.